The molecule has 2 aromatic rings. The van der Waals surface area contributed by atoms with Gasteiger partial charge in [-0.1, -0.05) is 20.8 Å². The molecule has 2 aromatic heterocycles. The van der Waals surface area contributed by atoms with Gasteiger partial charge in [-0.25, -0.2) is 19.5 Å². The molecule has 0 aliphatic carbocycles. The molecule has 0 saturated carbocycles. The van der Waals surface area contributed by atoms with Crippen molar-refractivity contribution in [2.45, 2.75) is 20.8 Å². The zero-order valence-electron chi connectivity index (χ0n) is 14.1. The Balaban J connectivity index is 2.85. The van der Waals surface area contributed by atoms with Crippen molar-refractivity contribution in [3.8, 4) is 0 Å². The van der Waals surface area contributed by atoms with Crippen molar-refractivity contribution in [2.75, 3.05) is 14.1 Å². The molecule has 0 atom stereocenters. The van der Waals surface area contributed by atoms with Gasteiger partial charge in [0.2, 0.25) is 11.9 Å². The van der Waals surface area contributed by atoms with Crippen LogP contribution in [0.4, 0.5) is 5.95 Å². The maximum Gasteiger partial charge on any atom is 0.290 e. The van der Waals surface area contributed by atoms with Crippen molar-refractivity contribution in [1.29, 1.82) is 0 Å². The molecule has 0 bridgehead atoms. The Kier molecular flexibility index (Phi) is 4.54. The second-order valence-corrected chi connectivity index (χ2v) is 6.40. The Labute approximate surface area is 138 Å². The molecule has 0 unspecified atom stereocenters. The van der Waals surface area contributed by atoms with Crippen LogP contribution in [0, 0.1) is 5.41 Å². The van der Waals surface area contributed by atoms with Gasteiger partial charge in [0.05, 0.1) is 12.5 Å². The average molecular weight is 330 g/mol. The number of hydrogen-bond donors (Lipinski definition) is 0. The van der Waals surface area contributed by atoms with E-state index in [0.717, 1.165) is 4.57 Å². The highest BCUT2D eigenvalue weighted by Gasteiger charge is 2.28. The molecule has 0 amide bonds. The molecule has 24 heavy (non-hydrogen) atoms. The molecule has 2 heterocycles. The first-order chi connectivity index (χ1) is 11.1. The van der Waals surface area contributed by atoms with Gasteiger partial charge in [0.15, 0.2) is 17.5 Å². The second-order valence-electron chi connectivity index (χ2n) is 6.40. The average Bonchev–Trinajstić information content (AvgIpc) is 2.51. The highest BCUT2D eigenvalue weighted by molar-refractivity contribution is 5.88. The number of carbonyl (C=O) groups is 2. The van der Waals surface area contributed by atoms with Gasteiger partial charge < -0.3 is 4.90 Å². The van der Waals surface area contributed by atoms with Crippen LogP contribution in [0.25, 0.3) is 11.2 Å². The second kappa shape index (κ2) is 6.26. The molecular weight excluding hydrogens is 312 g/mol. The zero-order valence-corrected chi connectivity index (χ0v) is 14.1. The smallest absolute Gasteiger partial charge is 0.290 e. The predicted octanol–water partition coefficient (Wildman–Crippen LogP) is 0.907. The van der Waals surface area contributed by atoms with Gasteiger partial charge in [-0.3, -0.25) is 14.4 Å². The minimum atomic E-state index is -0.836. The fourth-order valence-corrected chi connectivity index (χ4v) is 1.79. The van der Waals surface area contributed by atoms with Crippen molar-refractivity contribution in [3.63, 3.8) is 0 Å². The van der Waals surface area contributed by atoms with E-state index in [1.165, 1.54) is 12.5 Å². The van der Waals surface area contributed by atoms with Gasteiger partial charge >= 0.3 is 0 Å². The molecule has 0 aromatic carbocycles. The van der Waals surface area contributed by atoms with E-state index in [-0.39, 0.29) is 22.8 Å². The molecule has 0 radical (unpaired) electrons. The van der Waals surface area contributed by atoms with E-state index in [4.69, 9.17) is 0 Å². The number of hydrogen-bond acceptors (Lipinski definition) is 7. The summed E-state index contributed by atoms with van der Waals surface area (Å²) in [5.74, 6) is -0.569. The third-order valence-corrected chi connectivity index (χ3v) is 2.95. The first-order valence-electron chi connectivity index (χ1n) is 7.15. The van der Waals surface area contributed by atoms with Crippen LogP contribution in [0.2, 0.25) is 0 Å². The fraction of sp³-hybridized carbons (Fsp3) is 0.400. The lowest BCUT2D eigenvalue weighted by atomic mass is 9.95. The van der Waals surface area contributed by atoms with Crippen LogP contribution in [0.3, 0.4) is 0 Å². The Morgan fingerprint density at radius 3 is 2.50 bits per heavy atom. The van der Waals surface area contributed by atoms with Crippen LogP contribution in [-0.2, 0) is 0 Å². The molecule has 9 heteroatoms. The largest absolute Gasteiger partial charge is 0.369 e. The van der Waals surface area contributed by atoms with Gasteiger partial charge in [-0.15, -0.1) is 0 Å². The molecule has 9 nitrogen and oxygen atoms in total. The lowest BCUT2D eigenvalue weighted by Gasteiger charge is -2.19. The first kappa shape index (κ1) is 17.4. The molecular formula is C15H18N6O3. The number of nitrogens with zero attached hydrogens (tertiary/aromatic N) is 6. The summed E-state index contributed by atoms with van der Waals surface area (Å²) in [5.41, 5.74) is -1.68. The molecule has 2 rings (SSSR count). The van der Waals surface area contributed by atoms with E-state index >= 15 is 0 Å². The predicted molar refractivity (Wildman–Crippen MR) is 88.9 cm³/mol. The molecule has 0 N–H and O–H groups in total. The normalized spacial score (nSPS) is 11.9. The van der Waals surface area contributed by atoms with E-state index < -0.39 is 16.9 Å². The number of fused-ring (bicyclic) bond motifs is 1. The van der Waals surface area contributed by atoms with Gasteiger partial charge in [0, 0.05) is 19.5 Å². The molecule has 0 aliphatic heterocycles. The van der Waals surface area contributed by atoms with Crippen molar-refractivity contribution < 1.29 is 9.59 Å². The Morgan fingerprint density at radius 2 is 1.96 bits per heavy atom. The summed E-state index contributed by atoms with van der Waals surface area (Å²) in [5, 5.41) is 0. The third kappa shape index (κ3) is 3.34. The maximum absolute atomic E-state index is 12.7. The summed E-state index contributed by atoms with van der Waals surface area (Å²) >= 11 is 0. The maximum atomic E-state index is 12.7. The summed E-state index contributed by atoms with van der Waals surface area (Å²) in [4.78, 5) is 54.0. The van der Waals surface area contributed by atoms with Crippen molar-refractivity contribution in [3.05, 3.63) is 22.2 Å². The van der Waals surface area contributed by atoms with E-state index in [2.05, 4.69) is 19.9 Å². The fourth-order valence-electron chi connectivity index (χ4n) is 1.79. The lowest BCUT2D eigenvalue weighted by Crippen LogP contribution is -2.36. The summed E-state index contributed by atoms with van der Waals surface area (Å²) in [6.45, 7) is 5.04. The zero-order chi connectivity index (χ0) is 18.1. The molecule has 0 spiro atoms. The molecule has 0 saturated heterocycles. The van der Waals surface area contributed by atoms with Crippen molar-refractivity contribution in [2.24, 2.45) is 10.4 Å². The van der Waals surface area contributed by atoms with Crippen LogP contribution in [0.5, 0.6) is 0 Å². The standard InChI is InChI=1S/C15H18N6O3/c1-15(2,3)13(24)21-12(23)10-11(16-6-9(7-22)18-10)19-14(21)17-8-20(4)5/h6-8H,1-5H3/b17-8+. The number of carbonyl (C=O) groups excluding carboxylic acids is 2. The number of aromatic nitrogens is 4. The monoisotopic (exact) mass is 330 g/mol. The highest BCUT2D eigenvalue weighted by atomic mass is 16.2. The summed E-state index contributed by atoms with van der Waals surface area (Å²) in [6, 6.07) is 0. The molecule has 126 valence electrons. The quantitative estimate of drug-likeness (QED) is 0.467. The van der Waals surface area contributed by atoms with E-state index in [0.29, 0.717) is 6.29 Å². The number of aldehydes is 1. The third-order valence-electron chi connectivity index (χ3n) is 2.95. The van der Waals surface area contributed by atoms with Gasteiger partial charge in [-0.05, 0) is 0 Å². The summed E-state index contributed by atoms with van der Waals surface area (Å²) in [6.07, 6.45) is 3.10. The van der Waals surface area contributed by atoms with E-state index in [1.54, 1.807) is 39.8 Å². The first-order valence-corrected chi connectivity index (χ1v) is 7.15. The van der Waals surface area contributed by atoms with Crippen molar-refractivity contribution >= 4 is 35.6 Å². The van der Waals surface area contributed by atoms with Crippen LogP contribution in [0.1, 0.15) is 36.1 Å². The summed E-state index contributed by atoms with van der Waals surface area (Å²) in [7, 11) is 3.49. The topological polar surface area (TPSA) is 110 Å². The minimum absolute atomic E-state index is 0.0132. The van der Waals surface area contributed by atoms with Crippen molar-refractivity contribution in [1.82, 2.24) is 24.4 Å². The number of rotatable bonds is 3. The van der Waals surface area contributed by atoms with Gasteiger partial charge in [0.25, 0.3) is 5.56 Å². The van der Waals surface area contributed by atoms with Gasteiger partial charge in [-0.2, -0.15) is 4.98 Å². The van der Waals surface area contributed by atoms with Crippen LogP contribution in [-0.4, -0.2) is 57.0 Å². The minimum Gasteiger partial charge on any atom is -0.369 e. The molecule has 0 aliphatic rings. The van der Waals surface area contributed by atoms with Crippen LogP contribution in [0.15, 0.2) is 16.0 Å². The van der Waals surface area contributed by atoms with E-state index in [9.17, 15) is 14.4 Å². The highest BCUT2D eigenvalue weighted by Crippen LogP contribution is 2.20. The Morgan fingerprint density at radius 1 is 1.29 bits per heavy atom. The van der Waals surface area contributed by atoms with Crippen LogP contribution >= 0.6 is 0 Å². The SMILES string of the molecule is CN(C)/C=N/c1nc2ncc(C=O)nc2c(=O)n1C(=O)C(C)(C)C. The Bertz CT molecular complexity index is 892. The molecule has 0 fully saturated rings. The number of aliphatic imine (C=N–C) groups is 1. The van der Waals surface area contributed by atoms with Gasteiger partial charge in [0.1, 0.15) is 5.69 Å². The van der Waals surface area contributed by atoms with Crippen LogP contribution < -0.4 is 5.56 Å². The Hall–Kier alpha value is -2.97. The summed E-state index contributed by atoms with van der Waals surface area (Å²) < 4.78 is 0.867. The van der Waals surface area contributed by atoms with E-state index in [1.807, 2.05) is 0 Å². The lowest BCUT2D eigenvalue weighted by molar-refractivity contribution is 0.0763.